The van der Waals surface area contributed by atoms with Gasteiger partial charge in [0.1, 0.15) is 5.60 Å². The van der Waals surface area contributed by atoms with E-state index in [1.807, 2.05) is 25.7 Å². The van der Waals surface area contributed by atoms with Crippen molar-refractivity contribution < 1.29 is 14.3 Å². The third-order valence-corrected chi connectivity index (χ3v) is 4.93. The standard InChI is InChI=1S/C18H33N3O3/c1-18(2,3)24-17(23)21-12-15(13-21)14-7-5-9-20(11-14)10-6-8-16(22)19-4/h14-15H,5-13H2,1-4H3,(H,19,22). The van der Waals surface area contributed by atoms with Crippen LogP contribution in [0.15, 0.2) is 0 Å². The van der Waals surface area contributed by atoms with Crippen LogP contribution in [0.1, 0.15) is 46.5 Å². The molecule has 24 heavy (non-hydrogen) atoms. The van der Waals surface area contributed by atoms with Gasteiger partial charge in [0.15, 0.2) is 0 Å². The molecule has 0 aromatic rings. The molecule has 2 fully saturated rings. The first-order valence-electron chi connectivity index (χ1n) is 9.19. The SMILES string of the molecule is CNC(=O)CCCN1CCCC(C2CN(C(=O)OC(C)(C)C)C2)C1. The number of nitrogens with zero attached hydrogens (tertiary/aromatic N) is 2. The number of hydrogen-bond donors (Lipinski definition) is 1. The van der Waals surface area contributed by atoms with Gasteiger partial charge in [-0.1, -0.05) is 0 Å². The van der Waals surface area contributed by atoms with E-state index in [0.29, 0.717) is 18.3 Å². The van der Waals surface area contributed by atoms with Gasteiger partial charge < -0.3 is 19.9 Å². The Labute approximate surface area is 145 Å². The van der Waals surface area contributed by atoms with E-state index in [2.05, 4.69) is 10.2 Å². The lowest BCUT2D eigenvalue weighted by atomic mass is 9.81. The first-order valence-corrected chi connectivity index (χ1v) is 9.19. The summed E-state index contributed by atoms with van der Waals surface area (Å²) in [5.41, 5.74) is -0.422. The molecule has 1 unspecified atom stereocenters. The molecule has 0 spiro atoms. The maximum Gasteiger partial charge on any atom is 0.410 e. The van der Waals surface area contributed by atoms with Gasteiger partial charge in [0.25, 0.3) is 0 Å². The Kier molecular flexibility index (Phi) is 6.49. The Morgan fingerprint density at radius 1 is 1.17 bits per heavy atom. The number of piperidine rings is 1. The molecule has 6 nitrogen and oxygen atoms in total. The maximum atomic E-state index is 12.0. The summed E-state index contributed by atoms with van der Waals surface area (Å²) < 4.78 is 5.42. The first kappa shape index (κ1) is 19.0. The minimum atomic E-state index is -0.422. The molecule has 2 rings (SSSR count). The van der Waals surface area contributed by atoms with E-state index in [1.54, 1.807) is 7.05 Å². The normalized spacial score (nSPS) is 22.8. The lowest BCUT2D eigenvalue weighted by Gasteiger charge is -2.46. The van der Waals surface area contributed by atoms with Gasteiger partial charge in [-0.3, -0.25) is 4.79 Å². The van der Waals surface area contributed by atoms with Crippen LogP contribution in [-0.4, -0.2) is 67.2 Å². The zero-order valence-corrected chi connectivity index (χ0v) is 15.6. The highest BCUT2D eigenvalue weighted by Gasteiger charge is 2.39. The van der Waals surface area contributed by atoms with Crippen molar-refractivity contribution in [3.63, 3.8) is 0 Å². The van der Waals surface area contributed by atoms with E-state index < -0.39 is 5.60 Å². The number of amides is 2. The second kappa shape index (κ2) is 8.19. The fraction of sp³-hybridized carbons (Fsp3) is 0.889. The summed E-state index contributed by atoms with van der Waals surface area (Å²) in [6.07, 6.45) is 3.80. The molecule has 0 aromatic carbocycles. The average molecular weight is 339 g/mol. The third-order valence-electron chi connectivity index (χ3n) is 4.93. The van der Waals surface area contributed by atoms with Crippen molar-refractivity contribution in [3.05, 3.63) is 0 Å². The minimum absolute atomic E-state index is 0.121. The van der Waals surface area contributed by atoms with E-state index in [9.17, 15) is 9.59 Å². The highest BCUT2D eigenvalue weighted by atomic mass is 16.6. The molecule has 2 aliphatic heterocycles. The van der Waals surface area contributed by atoms with Crippen molar-refractivity contribution >= 4 is 12.0 Å². The highest BCUT2D eigenvalue weighted by Crippen LogP contribution is 2.31. The highest BCUT2D eigenvalue weighted by molar-refractivity contribution is 5.75. The fourth-order valence-corrected chi connectivity index (χ4v) is 3.55. The summed E-state index contributed by atoms with van der Waals surface area (Å²) in [5.74, 6) is 1.38. The third kappa shape index (κ3) is 5.65. The summed E-state index contributed by atoms with van der Waals surface area (Å²) >= 11 is 0. The van der Waals surface area contributed by atoms with Gasteiger partial charge in [-0.15, -0.1) is 0 Å². The Bertz CT molecular complexity index is 441. The van der Waals surface area contributed by atoms with Gasteiger partial charge in [-0.05, 0) is 65.0 Å². The molecule has 2 heterocycles. The zero-order valence-electron chi connectivity index (χ0n) is 15.6. The van der Waals surface area contributed by atoms with E-state index in [1.165, 1.54) is 12.8 Å². The number of likely N-dealkylation sites (tertiary alicyclic amines) is 2. The van der Waals surface area contributed by atoms with Gasteiger partial charge in [0, 0.05) is 33.1 Å². The number of carbonyl (C=O) groups is 2. The molecule has 0 aromatic heterocycles. The monoisotopic (exact) mass is 339 g/mol. The maximum absolute atomic E-state index is 12.0. The number of hydrogen-bond acceptors (Lipinski definition) is 4. The van der Waals surface area contributed by atoms with Crippen LogP contribution in [0.3, 0.4) is 0 Å². The number of nitrogens with one attached hydrogen (secondary N) is 1. The molecule has 2 amide bonds. The molecular formula is C18H33N3O3. The molecule has 138 valence electrons. The van der Waals surface area contributed by atoms with Crippen LogP contribution in [0.2, 0.25) is 0 Å². The number of ether oxygens (including phenoxy) is 1. The van der Waals surface area contributed by atoms with E-state index >= 15 is 0 Å². The molecule has 1 N–H and O–H groups in total. The average Bonchev–Trinajstić information content (AvgIpc) is 2.44. The van der Waals surface area contributed by atoms with Crippen LogP contribution >= 0.6 is 0 Å². The van der Waals surface area contributed by atoms with Gasteiger partial charge in [0.05, 0.1) is 0 Å². The lowest BCUT2D eigenvalue weighted by Crippen LogP contribution is -2.56. The van der Waals surface area contributed by atoms with E-state index in [0.717, 1.165) is 39.1 Å². The zero-order chi connectivity index (χ0) is 17.7. The molecule has 0 saturated carbocycles. The van der Waals surface area contributed by atoms with E-state index in [-0.39, 0.29) is 12.0 Å². The molecule has 0 aliphatic carbocycles. The van der Waals surface area contributed by atoms with Crippen LogP contribution in [0.25, 0.3) is 0 Å². The summed E-state index contributed by atoms with van der Waals surface area (Å²) in [6.45, 7) is 10.6. The number of carbonyl (C=O) groups excluding carboxylic acids is 2. The number of rotatable bonds is 5. The second-order valence-corrected chi connectivity index (χ2v) is 8.13. The molecule has 2 saturated heterocycles. The van der Waals surface area contributed by atoms with Crippen molar-refractivity contribution in [3.8, 4) is 0 Å². The van der Waals surface area contributed by atoms with Gasteiger partial charge in [-0.2, -0.15) is 0 Å². The van der Waals surface area contributed by atoms with Crippen molar-refractivity contribution in [1.82, 2.24) is 15.1 Å². The van der Waals surface area contributed by atoms with Gasteiger partial charge in [0.2, 0.25) is 5.91 Å². The van der Waals surface area contributed by atoms with Gasteiger partial charge >= 0.3 is 6.09 Å². The Balaban J connectivity index is 1.69. The van der Waals surface area contributed by atoms with Crippen LogP contribution in [0, 0.1) is 11.8 Å². The van der Waals surface area contributed by atoms with Crippen molar-refractivity contribution in [2.24, 2.45) is 11.8 Å². The Morgan fingerprint density at radius 3 is 2.50 bits per heavy atom. The van der Waals surface area contributed by atoms with Crippen molar-refractivity contribution in [2.45, 2.75) is 52.1 Å². The summed E-state index contributed by atoms with van der Waals surface area (Å²) in [4.78, 5) is 27.6. The minimum Gasteiger partial charge on any atom is -0.444 e. The molecule has 1 atom stereocenters. The predicted molar refractivity (Wildman–Crippen MR) is 93.8 cm³/mol. The second-order valence-electron chi connectivity index (χ2n) is 8.13. The van der Waals surface area contributed by atoms with Crippen LogP contribution < -0.4 is 5.32 Å². The van der Waals surface area contributed by atoms with Crippen molar-refractivity contribution in [2.75, 3.05) is 39.8 Å². The smallest absolute Gasteiger partial charge is 0.410 e. The summed E-state index contributed by atoms with van der Waals surface area (Å²) in [6, 6.07) is 0. The fourth-order valence-electron chi connectivity index (χ4n) is 3.55. The predicted octanol–water partition coefficient (Wildman–Crippen LogP) is 2.09. The van der Waals surface area contributed by atoms with Crippen LogP contribution in [0.5, 0.6) is 0 Å². The Morgan fingerprint density at radius 2 is 1.88 bits per heavy atom. The molecule has 6 heteroatoms. The molecular weight excluding hydrogens is 306 g/mol. The topological polar surface area (TPSA) is 61.9 Å². The lowest BCUT2D eigenvalue weighted by molar-refractivity contribution is -0.120. The summed E-state index contributed by atoms with van der Waals surface area (Å²) in [5, 5.41) is 2.67. The van der Waals surface area contributed by atoms with Gasteiger partial charge in [-0.25, -0.2) is 4.79 Å². The largest absolute Gasteiger partial charge is 0.444 e. The molecule has 0 radical (unpaired) electrons. The van der Waals surface area contributed by atoms with Crippen molar-refractivity contribution in [1.29, 1.82) is 0 Å². The summed E-state index contributed by atoms with van der Waals surface area (Å²) in [7, 11) is 1.69. The van der Waals surface area contributed by atoms with E-state index in [4.69, 9.17) is 4.74 Å². The van der Waals surface area contributed by atoms with Crippen LogP contribution in [-0.2, 0) is 9.53 Å². The van der Waals surface area contributed by atoms with Crippen LogP contribution in [0.4, 0.5) is 4.79 Å². The molecule has 2 aliphatic rings. The first-order chi connectivity index (χ1) is 11.3. The molecule has 0 bridgehead atoms. The Hall–Kier alpha value is -1.30. The quantitative estimate of drug-likeness (QED) is 0.833.